The van der Waals surface area contributed by atoms with Crippen molar-refractivity contribution in [1.82, 2.24) is 19.6 Å². The van der Waals surface area contributed by atoms with Crippen LogP contribution in [0.1, 0.15) is 0 Å². The average molecular weight is 525 g/mol. The van der Waals surface area contributed by atoms with Gasteiger partial charge in [0.2, 0.25) is 0 Å². The van der Waals surface area contributed by atoms with Crippen LogP contribution in [0, 0.1) is 0 Å². The van der Waals surface area contributed by atoms with Gasteiger partial charge in [-0.2, -0.15) is 16.8 Å². The van der Waals surface area contributed by atoms with Crippen LogP contribution in [0.2, 0.25) is 0 Å². The molecule has 200 valence electrons. The highest BCUT2D eigenvalue weighted by molar-refractivity contribution is 7.86. The Bertz CT molecular complexity index is 709. The molecule has 33 heavy (non-hydrogen) atoms. The van der Waals surface area contributed by atoms with Crippen LogP contribution >= 0.6 is 0 Å². The standard InChI is InChI=1S/C9H20N2O5S.C8H18N2O4S.H2O/c12-6-5-10-1-3-11(4-2-10)7-9(13)8-17(14,15)16;11-7-5-9-1-3-10(4-2-9)6-8-15(12,13)14;/h9,12-13H,1-8H2,(H,14,15,16);11H,1-8H2,(H,12,13,14);1H2. The Hall–Kier alpha value is -0.500. The van der Waals surface area contributed by atoms with Crippen molar-refractivity contribution in [2.24, 2.45) is 0 Å². The Balaban J connectivity index is 0.000000607. The number of nitrogens with zero attached hydrogens (tertiary/aromatic N) is 4. The van der Waals surface area contributed by atoms with Crippen molar-refractivity contribution in [3.8, 4) is 0 Å². The first-order valence-electron chi connectivity index (χ1n) is 10.6. The normalized spacial score (nSPS) is 20.5. The highest BCUT2D eigenvalue weighted by Gasteiger charge is 2.21. The summed E-state index contributed by atoms with van der Waals surface area (Å²) in [5.41, 5.74) is 0. The summed E-state index contributed by atoms with van der Waals surface area (Å²) in [6.07, 6.45) is -1.06. The molecule has 0 spiro atoms. The number of β-amino-alcohol motifs (C(OH)–C–C–N with tert-alkyl or cyclic N) is 3. The van der Waals surface area contributed by atoms with E-state index in [0.717, 1.165) is 52.4 Å². The highest BCUT2D eigenvalue weighted by atomic mass is 32.2. The summed E-state index contributed by atoms with van der Waals surface area (Å²) in [7, 11) is -7.96. The molecular formula is C17H40N4O10S2. The molecule has 2 aliphatic heterocycles. The van der Waals surface area contributed by atoms with Crippen LogP contribution in [0.15, 0.2) is 0 Å². The summed E-state index contributed by atoms with van der Waals surface area (Å²) in [5, 5.41) is 27.0. The quantitative estimate of drug-likeness (QED) is 0.161. The summed E-state index contributed by atoms with van der Waals surface area (Å²) >= 11 is 0. The molecule has 16 heteroatoms. The second-order valence-corrected chi connectivity index (χ2v) is 11.0. The molecule has 0 amide bonds. The first-order chi connectivity index (χ1) is 14.9. The van der Waals surface area contributed by atoms with Crippen LogP contribution in [0.5, 0.6) is 0 Å². The Kier molecular flexibility index (Phi) is 16.0. The maximum atomic E-state index is 10.6. The van der Waals surface area contributed by atoms with Gasteiger partial charge in [-0.05, 0) is 0 Å². The number of rotatable bonds is 11. The molecular weight excluding hydrogens is 484 g/mol. The van der Waals surface area contributed by atoms with E-state index < -0.39 is 32.1 Å². The third kappa shape index (κ3) is 16.7. The van der Waals surface area contributed by atoms with Crippen LogP contribution in [0.3, 0.4) is 0 Å². The molecule has 7 N–H and O–H groups in total. The van der Waals surface area contributed by atoms with Crippen LogP contribution in [0.25, 0.3) is 0 Å². The van der Waals surface area contributed by atoms with Crippen molar-refractivity contribution < 1.29 is 46.7 Å². The van der Waals surface area contributed by atoms with Crippen molar-refractivity contribution in [2.45, 2.75) is 6.10 Å². The third-order valence-corrected chi connectivity index (χ3v) is 6.80. The molecule has 0 aromatic carbocycles. The van der Waals surface area contributed by atoms with E-state index in [2.05, 4.69) is 9.80 Å². The zero-order valence-corrected chi connectivity index (χ0v) is 20.5. The highest BCUT2D eigenvalue weighted by Crippen LogP contribution is 2.03. The van der Waals surface area contributed by atoms with Crippen LogP contribution in [0.4, 0.5) is 0 Å². The van der Waals surface area contributed by atoms with E-state index in [-0.39, 0.29) is 31.0 Å². The second kappa shape index (κ2) is 16.2. The van der Waals surface area contributed by atoms with Gasteiger partial charge in [-0.1, -0.05) is 0 Å². The van der Waals surface area contributed by atoms with Crippen molar-refractivity contribution in [3.63, 3.8) is 0 Å². The lowest BCUT2D eigenvalue weighted by Crippen LogP contribution is -2.49. The summed E-state index contributed by atoms with van der Waals surface area (Å²) in [5.74, 6) is -0.823. The summed E-state index contributed by atoms with van der Waals surface area (Å²) in [6.45, 7) is 8.51. The van der Waals surface area contributed by atoms with Gasteiger partial charge in [0, 0.05) is 78.5 Å². The number of hydrogen-bond acceptors (Lipinski definition) is 11. The summed E-state index contributed by atoms with van der Waals surface area (Å²) in [6, 6.07) is 0. The summed E-state index contributed by atoms with van der Waals surface area (Å²) < 4.78 is 59.3. The van der Waals surface area contributed by atoms with E-state index in [1.165, 1.54) is 0 Å². The smallest absolute Gasteiger partial charge is 0.267 e. The van der Waals surface area contributed by atoms with E-state index >= 15 is 0 Å². The lowest BCUT2D eigenvalue weighted by Gasteiger charge is -2.35. The molecule has 0 saturated carbocycles. The lowest BCUT2D eigenvalue weighted by atomic mass is 10.3. The molecule has 1 atom stereocenters. The number of piperazine rings is 2. The molecule has 1 unspecified atom stereocenters. The fourth-order valence-corrected chi connectivity index (χ4v) is 4.63. The van der Waals surface area contributed by atoms with Crippen molar-refractivity contribution in [3.05, 3.63) is 0 Å². The first kappa shape index (κ1) is 32.5. The maximum absolute atomic E-state index is 10.6. The Labute approximate surface area is 196 Å². The van der Waals surface area contributed by atoms with Gasteiger partial charge in [-0.15, -0.1) is 0 Å². The molecule has 0 aromatic rings. The van der Waals surface area contributed by atoms with Crippen molar-refractivity contribution in [1.29, 1.82) is 0 Å². The van der Waals surface area contributed by atoms with Gasteiger partial charge in [0.05, 0.1) is 25.1 Å². The van der Waals surface area contributed by atoms with E-state index in [9.17, 15) is 21.9 Å². The Morgan fingerprint density at radius 3 is 1.33 bits per heavy atom. The fraction of sp³-hybridized carbons (Fsp3) is 1.00. The zero-order valence-electron chi connectivity index (χ0n) is 18.9. The van der Waals surface area contributed by atoms with E-state index in [1.54, 1.807) is 0 Å². The van der Waals surface area contributed by atoms with Crippen LogP contribution in [-0.2, 0) is 20.2 Å². The third-order valence-electron chi connectivity index (χ3n) is 5.30. The largest absolute Gasteiger partial charge is 0.412 e. The number of aliphatic hydroxyl groups is 3. The predicted molar refractivity (Wildman–Crippen MR) is 122 cm³/mol. The van der Waals surface area contributed by atoms with Gasteiger partial charge < -0.3 is 20.8 Å². The van der Waals surface area contributed by atoms with Crippen molar-refractivity contribution >= 4 is 20.2 Å². The fourth-order valence-electron chi connectivity index (χ4n) is 3.55. The van der Waals surface area contributed by atoms with Gasteiger partial charge >= 0.3 is 0 Å². The molecule has 14 nitrogen and oxygen atoms in total. The van der Waals surface area contributed by atoms with Crippen molar-refractivity contribution in [2.75, 3.05) is 103 Å². The van der Waals surface area contributed by atoms with Gasteiger partial charge in [0.15, 0.2) is 0 Å². The van der Waals surface area contributed by atoms with Gasteiger partial charge in [0.1, 0.15) is 5.75 Å². The maximum Gasteiger partial charge on any atom is 0.267 e. The molecule has 0 radical (unpaired) electrons. The van der Waals surface area contributed by atoms with Crippen LogP contribution in [-0.4, -0.2) is 176 Å². The van der Waals surface area contributed by atoms with Crippen LogP contribution < -0.4 is 0 Å². The molecule has 0 aliphatic carbocycles. The zero-order chi connectivity index (χ0) is 24.2. The minimum Gasteiger partial charge on any atom is -0.412 e. The SMILES string of the molecule is O.O=S(=O)(O)CC(O)CN1CCN(CCO)CC1.O=S(=O)(O)CCN1CCN(CCO)CC1. The second-order valence-electron chi connectivity index (χ2n) is 7.96. The molecule has 0 bridgehead atoms. The number of aliphatic hydroxyl groups excluding tert-OH is 3. The van der Waals surface area contributed by atoms with Gasteiger partial charge in [-0.3, -0.25) is 28.7 Å². The molecule has 2 saturated heterocycles. The van der Waals surface area contributed by atoms with Gasteiger partial charge in [-0.25, -0.2) is 0 Å². The predicted octanol–water partition coefficient (Wildman–Crippen LogP) is -4.50. The molecule has 2 heterocycles. The monoisotopic (exact) mass is 524 g/mol. The molecule has 2 aliphatic rings. The Morgan fingerprint density at radius 2 is 1.00 bits per heavy atom. The minimum atomic E-state index is -4.11. The first-order valence-corrected chi connectivity index (χ1v) is 13.8. The molecule has 2 rings (SSSR count). The van der Waals surface area contributed by atoms with E-state index in [1.807, 2.05) is 9.80 Å². The topological polar surface area (TPSA) is 214 Å². The summed E-state index contributed by atoms with van der Waals surface area (Å²) in [4.78, 5) is 8.18. The van der Waals surface area contributed by atoms with Gasteiger partial charge in [0.25, 0.3) is 20.2 Å². The van der Waals surface area contributed by atoms with E-state index in [0.29, 0.717) is 19.6 Å². The number of hydrogen-bond donors (Lipinski definition) is 5. The minimum absolute atomic E-state index is 0. The molecule has 2 fully saturated rings. The van der Waals surface area contributed by atoms with E-state index in [4.69, 9.17) is 19.3 Å². The lowest BCUT2D eigenvalue weighted by molar-refractivity contribution is 0.0737. The average Bonchev–Trinajstić information content (AvgIpc) is 2.68. The Morgan fingerprint density at radius 1 is 0.636 bits per heavy atom. The molecule has 0 aromatic heterocycles.